The average molecular weight is 181 g/mol. The molecule has 1 aromatic rings. The summed E-state index contributed by atoms with van der Waals surface area (Å²) >= 11 is 0. The van der Waals surface area contributed by atoms with Gasteiger partial charge in [-0.15, -0.1) is 0 Å². The molecule has 0 unspecified atom stereocenters. The predicted molar refractivity (Wildman–Crippen MR) is 51.1 cm³/mol. The maximum atomic E-state index is 8.34. The second-order valence-electron chi connectivity index (χ2n) is 2.72. The molecule has 0 aliphatic carbocycles. The lowest BCUT2D eigenvalue weighted by atomic mass is 10.1. The van der Waals surface area contributed by atoms with Gasteiger partial charge < -0.3 is 9.94 Å². The number of hydrogen-bond acceptors (Lipinski definition) is 3. The molecule has 0 atom stereocenters. The molecule has 0 aliphatic rings. The van der Waals surface area contributed by atoms with E-state index in [0.29, 0.717) is 13.2 Å². The third kappa shape index (κ3) is 3.05. The lowest BCUT2D eigenvalue weighted by Crippen LogP contribution is -2.17. The Morgan fingerprint density at radius 1 is 1.38 bits per heavy atom. The molecule has 0 radical (unpaired) electrons. The van der Waals surface area contributed by atoms with Crippen molar-refractivity contribution in [1.82, 2.24) is 5.48 Å². The molecule has 0 saturated carbocycles. The smallest absolute Gasteiger partial charge is 0.122 e. The molecule has 0 aliphatic heterocycles. The van der Waals surface area contributed by atoms with E-state index in [2.05, 4.69) is 12.4 Å². The van der Waals surface area contributed by atoms with Crippen molar-refractivity contribution < 1.29 is 9.94 Å². The Balaban J connectivity index is 2.54. The highest BCUT2D eigenvalue weighted by Gasteiger charge is 1.98. The van der Waals surface area contributed by atoms with E-state index in [1.807, 2.05) is 24.3 Å². The fourth-order valence-electron chi connectivity index (χ4n) is 1.14. The van der Waals surface area contributed by atoms with Gasteiger partial charge in [0.15, 0.2) is 0 Å². The van der Waals surface area contributed by atoms with Crippen molar-refractivity contribution in [2.75, 3.05) is 13.2 Å². The number of benzene rings is 1. The summed E-state index contributed by atoms with van der Waals surface area (Å²) in [6, 6.07) is 7.93. The van der Waals surface area contributed by atoms with Crippen molar-refractivity contribution in [2.24, 2.45) is 0 Å². The van der Waals surface area contributed by atoms with Crippen LogP contribution in [0.1, 0.15) is 12.5 Å². The summed E-state index contributed by atoms with van der Waals surface area (Å²) in [6.45, 7) is 3.01. The monoisotopic (exact) mass is 181 g/mol. The minimum atomic E-state index is 0.443. The van der Waals surface area contributed by atoms with E-state index in [0.717, 1.165) is 12.2 Å². The fraction of sp³-hybridized carbons (Fsp3) is 0.400. The van der Waals surface area contributed by atoms with Gasteiger partial charge in [0.2, 0.25) is 0 Å². The lowest BCUT2D eigenvalue weighted by molar-refractivity contribution is 0.145. The van der Waals surface area contributed by atoms with E-state index in [1.165, 1.54) is 5.56 Å². The Morgan fingerprint density at radius 2 is 2.15 bits per heavy atom. The van der Waals surface area contributed by atoms with Gasteiger partial charge in [-0.2, -0.15) is 0 Å². The van der Waals surface area contributed by atoms with Crippen LogP contribution >= 0.6 is 0 Å². The molecule has 3 nitrogen and oxygen atoms in total. The third-order valence-corrected chi connectivity index (χ3v) is 1.82. The first kappa shape index (κ1) is 10.0. The minimum Gasteiger partial charge on any atom is -0.492 e. The summed E-state index contributed by atoms with van der Waals surface area (Å²) in [5, 5.41) is 8.34. The number of ether oxygens (including phenoxy) is 1. The maximum Gasteiger partial charge on any atom is 0.122 e. The number of nitrogens with one attached hydrogen (secondary N) is 1. The molecule has 2 N–H and O–H groups in total. The molecule has 13 heavy (non-hydrogen) atoms. The van der Waals surface area contributed by atoms with Crippen molar-refractivity contribution in [2.45, 2.75) is 13.3 Å². The zero-order chi connectivity index (χ0) is 9.52. The van der Waals surface area contributed by atoms with Crippen molar-refractivity contribution in [1.29, 1.82) is 0 Å². The van der Waals surface area contributed by atoms with Gasteiger partial charge in [0, 0.05) is 0 Å². The van der Waals surface area contributed by atoms with Crippen molar-refractivity contribution >= 4 is 0 Å². The van der Waals surface area contributed by atoms with Crippen LogP contribution in [0.5, 0.6) is 5.75 Å². The van der Waals surface area contributed by atoms with Crippen molar-refractivity contribution in [3.63, 3.8) is 0 Å². The summed E-state index contributed by atoms with van der Waals surface area (Å²) in [5.74, 6) is 0.903. The van der Waals surface area contributed by atoms with E-state index in [-0.39, 0.29) is 0 Å². The second kappa shape index (κ2) is 5.56. The van der Waals surface area contributed by atoms with E-state index in [4.69, 9.17) is 9.94 Å². The number of rotatable bonds is 5. The number of hydrogen-bond donors (Lipinski definition) is 2. The topological polar surface area (TPSA) is 41.5 Å². The normalized spacial score (nSPS) is 10.0. The first-order chi connectivity index (χ1) is 6.38. The van der Waals surface area contributed by atoms with E-state index < -0.39 is 0 Å². The van der Waals surface area contributed by atoms with Crippen LogP contribution < -0.4 is 10.2 Å². The summed E-state index contributed by atoms with van der Waals surface area (Å²) in [6.07, 6.45) is 0.961. The molecule has 0 amide bonds. The predicted octanol–water partition coefficient (Wildman–Crippen LogP) is 1.61. The number of aryl methyl sites for hydroxylation is 1. The molecule has 1 aromatic carbocycles. The van der Waals surface area contributed by atoms with Crippen LogP contribution in [0.3, 0.4) is 0 Å². The largest absolute Gasteiger partial charge is 0.492 e. The first-order valence-corrected chi connectivity index (χ1v) is 4.46. The van der Waals surface area contributed by atoms with Gasteiger partial charge >= 0.3 is 0 Å². The summed E-state index contributed by atoms with van der Waals surface area (Å²) in [5.41, 5.74) is 3.25. The SMILES string of the molecule is CCc1ccccc1OCCNO. The molecule has 72 valence electrons. The van der Waals surface area contributed by atoms with Crippen LogP contribution in [0.15, 0.2) is 24.3 Å². The Labute approximate surface area is 78.3 Å². The van der Waals surface area contributed by atoms with Gasteiger partial charge in [-0.05, 0) is 18.1 Å². The molecule has 0 bridgehead atoms. The first-order valence-electron chi connectivity index (χ1n) is 4.46. The van der Waals surface area contributed by atoms with Gasteiger partial charge in [-0.25, -0.2) is 5.48 Å². The zero-order valence-electron chi connectivity index (χ0n) is 7.79. The molecule has 0 aromatic heterocycles. The second-order valence-corrected chi connectivity index (χ2v) is 2.72. The molecular weight excluding hydrogens is 166 g/mol. The quantitative estimate of drug-likeness (QED) is 0.535. The van der Waals surface area contributed by atoms with Gasteiger partial charge in [-0.3, -0.25) is 0 Å². The summed E-state index contributed by atoms with van der Waals surface area (Å²) < 4.78 is 5.45. The Kier molecular flexibility index (Phi) is 4.29. The highest BCUT2D eigenvalue weighted by molar-refractivity contribution is 5.33. The zero-order valence-corrected chi connectivity index (χ0v) is 7.79. The third-order valence-electron chi connectivity index (χ3n) is 1.82. The summed E-state index contributed by atoms with van der Waals surface area (Å²) in [7, 11) is 0. The van der Waals surface area contributed by atoms with Crippen LogP contribution in [-0.4, -0.2) is 18.4 Å². The maximum absolute atomic E-state index is 8.34. The number of para-hydroxylation sites is 1. The van der Waals surface area contributed by atoms with Gasteiger partial charge in [-0.1, -0.05) is 25.1 Å². The minimum absolute atomic E-state index is 0.443. The molecular formula is C10H15NO2. The number of hydroxylamine groups is 1. The lowest BCUT2D eigenvalue weighted by Gasteiger charge is -2.09. The van der Waals surface area contributed by atoms with Crippen molar-refractivity contribution in [3.8, 4) is 5.75 Å². The standard InChI is InChI=1S/C10H15NO2/c1-2-9-5-3-4-6-10(9)13-8-7-11-12/h3-6,11-12H,2,7-8H2,1H3. The average Bonchev–Trinajstić information content (AvgIpc) is 2.19. The molecule has 0 heterocycles. The van der Waals surface area contributed by atoms with Crippen LogP contribution in [0, 0.1) is 0 Å². The van der Waals surface area contributed by atoms with Gasteiger partial charge in [0.05, 0.1) is 6.54 Å². The fourth-order valence-corrected chi connectivity index (χ4v) is 1.14. The molecule has 0 saturated heterocycles. The van der Waals surface area contributed by atoms with Gasteiger partial charge in [0.25, 0.3) is 0 Å². The highest BCUT2D eigenvalue weighted by Crippen LogP contribution is 2.17. The van der Waals surface area contributed by atoms with Crippen LogP contribution in [0.2, 0.25) is 0 Å². The molecule has 0 fully saturated rings. The Hall–Kier alpha value is -1.06. The molecule has 1 rings (SSSR count). The van der Waals surface area contributed by atoms with Crippen LogP contribution in [-0.2, 0) is 6.42 Å². The van der Waals surface area contributed by atoms with Crippen LogP contribution in [0.4, 0.5) is 0 Å². The highest BCUT2D eigenvalue weighted by atomic mass is 16.5. The van der Waals surface area contributed by atoms with E-state index in [1.54, 1.807) is 0 Å². The molecule has 0 spiro atoms. The van der Waals surface area contributed by atoms with Gasteiger partial charge in [0.1, 0.15) is 12.4 Å². The Morgan fingerprint density at radius 3 is 2.85 bits per heavy atom. The Bertz CT molecular complexity index is 250. The van der Waals surface area contributed by atoms with Crippen molar-refractivity contribution in [3.05, 3.63) is 29.8 Å². The summed E-state index contributed by atoms with van der Waals surface area (Å²) in [4.78, 5) is 0. The molecule has 3 heteroatoms. The van der Waals surface area contributed by atoms with E-state index >= 15 is 0 Å². The van der Waals surface area contributed by atoms with E-state index in [9.17, 15) is 0 Å². The van der Waals surface area contributed by atoms with Crippen LogP contribution in [0.25, 0.3) is 0 Å².